The van der Waals surface area contributed by atoms with Gasteiger partial charge in [-0.25, -0.2) is 0 Å². The van der Waals surface area contributed by atoms with Crippen LogP contribution in [0.1, 0.15) is 12.8 Å². The van der Waals surface area contributed by atoms with Gasteiger partial charge in [0.2, 0.25) is 5.91 Å². The second kappa shape index (κ2) is 9.86. The molecule has 0 atom stereocenters. The topological polar surface area (TPSA) is 59.6 Å². The average Bonchev–Trinajstić information content (AvgIpc) is 2.60. The van der Waals surface area contributed by atoms with Crippen LogP contribution in [0.25, 0.3) is 0 Å². The van der Waals surface area contributed by atoms with Gasteiger partial charge in [-0.1, -0.05) is 29.8 Å². The number of thiocarbonyl (C=S) groups is 1. The molecule has 0 spiro atoms. The third-order valence-corrected chi connectivity index (χ3v) is 3.66. The molecule has 5 nitrogen and oxygen atoms in total. The van der Waals surface area contributed by atoms with Gasteiger partial charge in [-0.3, -0.25) is 4.79 Å². The van der Waals surface area contributed by atoms with Gasteiger partial charge in [0.25, 0.3) is 0 Å². The number of hydrogen-bond acceptors (Lipinski definition) is 4. The van der Waals surface area contributed by atoms with Gasteiger partial charge in [0.15, 0.2) is 5.11 Å². The van der Waals surface area contributed by atoms with Gasteiger partial charge in [-0.2, -0.15) is 0 Å². The molecule has 7 heteroatoms. The smallest absolute Gasteiger partial charge is 0.226 e. The number of para-hydroxylation sites is 1. The number of anilines is 1. The number of halogens is 1. The Labute approximate surface area is 157 Å². The van der Waals surface area contributed by atoms with Crippen molar-refractivity contribution in [1.82, 2.24) is 5.32 Å². The quantitative estimate of drug-likeness (QED) is 0.563. The SMILES string of the molecule is COc1ccc(Cl)cc1NC(=S)NC(=O)CCCOc1ccccc1. The third kappa shape index (κ3) is 6.60. The van der Waals surface area contributed by atoms with Crippen molar-refractivity contribution in [3.05, 3.63) is 53.6 Å². The summed E-state index contributed by atoms with van der Waals surface area (Å²) in [5, 5.41) is 6.26. The number of amides is 1. The molecule has 0 radical (unpaired) electrons. The number of benzene rings is 2. The number of carbonyl (C=O) groups excluding carboxylic acids is 1. The highest BCUT2D eigenvalue weighted by atomic mass is 35.5. The van der Waals surface area contributed by atoms with Crippen LogP contribution in [0.5, 0.6) is 11.5 Å². The Morgan fingerprint density at radius 3 is 2.68 bits per heavy atom. The molecule has 1 amide bonds. The number of rotatable bonds is 7. The molecule has 0 aliphatic carbocycles. The predicted molar refractivity (Wildman–Crippen MR) is 104 cm³/mol. The van der Waals surface area contributed by atoms with E-state index in [0.29, 0.717) is 35.9 Å². The fourth-order valence-corrected chi connectivity index (χ4v) is 2.46. The Morgan fingerprint density at radius 2 is 1.96 bits per heavy atom. The minimum absolute atomic E-state index is 0.185. The van der Waals surface area contributed by atoms with E-state index in [1.165, 1.54) is 0 Å². The van der Waals surface area contributed by atoms with Gasteiger partial charge in [0, 0.05) is 11.4 Å². The summed E-state index contributed by atoms with van der Waals surface area (Å²) in [7, 11) is 1.54. The zero-order chi connectivity index (χ0) is 18.1. The molecule has 0 saturated heterocycles. The lowest BCUT2D eigenvalue weighted by atomic mass is 10.3. The minimum atomic E-state index is -0.185. The fraction of sp³-hybridized carbons (Fsp3) is 0.222. The molecule has 0 fully saturated rings. The van der Waals surface area contributed by atoms with Crippen molar-refractivity contribution in [3.63, 3.8) is 0 Å². The first-order valence-electron chi connectivity index (χ1n) is 7.70. The molecule has 0 unspecified atom stereocenters. The van der Waals surface area contributed by atoms with Crippen LogP contribution < -0.4 is 20.1 Å². The number of ether oxygens (including phenoxy) is 2. The Morgan fingerprint density at radius 1 is 1.20 bits per heavy atom. The number of hydrogen-bond donors (Lipinski definition) is 2. The molecule has 0 bridgehead atoms. The third-order valence-electron chi connectivity index (χ3n) is 3.22. The Bertz CT molecular complexity index is 726. The number of methoxy groups -OCH3 is 1. The van der Waals surface area contributed by atoms with E-state index >= 15 is 0 Å². The summed E-state index contributed by atoms with van der Waals surface area (Å²) in [6.07, 6.45) is 0.894. The number of carbonyl (C=O) groups is 1. The van der Waals surface area contributed by atoms with Crippen LogP contribution in [0.2, 0.25) is 5.02 Å². The van der Waals surface area contributed by atoms with E-state index in [4.69, 9.17) is 33.3 Å². The molecular formula is C18H19ClN2O3S. The lowest BCUT2D eigenvalue weighted by molar-refractivity contribution is -0.119. The summed E-state index contributed by atoms with van der Waals surface area (Å²) in [5.74, 6) is 1.18. The maximum atomic E-state index is 11.9. The molecule has 2 aromatic rings. The molecule has 2 N–H and O–H groups in total. The monoisotopic (exact) mass is 378 g/mol. The predicted octanol–water partition coefficient (Wildman–Crippen LogP) is 4.02. The summed E-state index contributed by atoms with van der Waals surface area (Å²) < 4.78 is 10.8. The van der Waals surface area contributed by atoms with Gasteiger partial charge < -0.3 is 20.1 Å². The van der Waals surface area contributed by atoms with Crippen LogP contribution in [0, 0.1) is 0 Å². The van der Waals surface area contributed by atoms with Crippen LogP contribution in [0.3, 0.4) is 0 Å². The van der Waals surface area contributed by atoms with E-state index in [2.05, 4.69) is 10.6 Å². The van der Waals surface area contributed by atoms with Crippen LogP contribution in [-0.2, 0) is 4.79 Å². The molecule has 0 aromatic heterocycles. The summed E-state index contributed by atoms with van der Waals surface area (Å²) in [6, 6.07) is 14.6. The van der Waals surface area contributed by atoms with E-state index in [9.17, 15) is 4.79 Å². The van der Waals surface area contributed by atoms with Crippen LogP contribution >= 0.6 is 23.8 Å². The van der Waals surface area contributed by atoms with Crippen molar-refractivity contribution in [2.45, 2.75) is 12.8 Å². The molecule has 2 aromatic carbocycles. The van der Waals surface area contributed by atoms with E-state index in [0.717, 1.165) is 5.75 Å². The average molecular weight is 379 g/mol. The van der Waals surface area contributed by atoms with Crippen molar-refractivity contribution in [3.8, 4) is 11.5 Å². The van der Waals surface area contributed by atoms with E-state index < -0.39 is 0 Å². The maximum Gasteiger partial charge on any atom is 0.226 e. The van der Waals surface area contributed by atoms with Crippen molar-refractivity contribution in [2.24, 2.45) is 0 Å². The highest BCUT2D eigenvalue weighted by Crippen LogP contribution is 2.27. The van der Waals surface area contributed by atoms with E-state index in [1.54, 1.807) is 25.3 Å². The normalized spacial score (nSPS) is 10.0. The van der Waals surface area contributed by atoms with Crippen molar-refractivity contribution < 1.29 is 14.3 Å². The Hall–Kier alpha value is -2.31. The largest absolute Gasteiger partial charge is 0.495 e. The van der Waals surface area contributed by atoms with Crippen LogP contribution in [-0.4, -0.2) is 24.7 Å². The Kier molecular flexibility index (Phi) is 7.50. The first kappa shape index (κ1) is 19.0. The minimum Gasteiger partial charge on any atom is -0.495 e. The highest BCUT2D eigenvalue weighted by molar-refractivity contribution is 7.80. The standard InChI is InChI=1S/C18H19ClN2O3S/c1-23-16-10-9-13(19)12-15(16)20-18(25)21-17(22)8-5-11-24-14-6-3-2-4-7-14/h2-4,6-7,9-10,12H,5,8,11H2,1H3,(H2,20,21,22,25). The van der Waals surface area contributed by atoms with Gasteiger partial charge in [-0.05, 0) is 49.0 Å². The van der Waals surface area contributed by atoms with Crippen molar-refractivity contribution in [1.29, 1.82) is 0 Å². The highest BCUT2D eigenvalue weighted by Gasteiger charge is 2.09. The van der Waals surface area contributed by atoms with Gasteiger partial charge in [0.05, 0.1) is 19.4 Å². The fourth-order valence-electron chi connectivity index (χ4n) is 2.06. The maximum absolute atomic E-state index is 11.9. The molecule has 0 aliphatic rings. The molecule has 0 saturated carbocycles. The van der Waals surface area contributed by atoms with E-state index in [1.807, 2.05) is 30.3 Å². The lowest BCUT2D eigenvalue weighted by Gasteiger charge is -2.13. The summed E-state index contributed by atoms with van der Waals surface area (Å²) in [5.41, 5.74) is 0.590. The van der Waals surface area contributed by atoms with Crippen LogP contribution in [0.4, 0.5) is 5.69 Å². The van der Waals surface area contributed by atoms with Crippen molar-refractivity contribution >= 4 is 40.5 Å². The number of nitrogens with one attached hydrogen (secondary N) is 2. The molecule has 25 heavy (non-hydrogen) atoms. The van der Waals surface area contributed by atoms with Gasteiger partial charge in [0.1, 0.15) is 11.5 Å². The zero-order valence-corrected chi connectivity index (χ0v) is 15.3. The summed E-state index contributed by atoms with van der Waals surface area (Å²) in [6.45, 7) is 0.458. The van der Waals surface area contributed by atoms with E-state index in [-0.39, 0.29) is 11.0 Å². The second-order valence-electron chi connectivity index (χ2n) is 5.11. The van der Waals surface area contributed by atoms with Crippen LogP contribution in [0.15, 0.2) is 48.5 Å². The van der Waals surface area contributed by atoms with Crippen molar-refractivity contribution in [2.75, 3.05) is 19.0 Å². The Balaban J connectivity index is 1.73. The molecule has 2 rings (SSSR count). The zero-order valence-electron chi connectivity index (χ0n) is 13.8. The molecule has 0 aliphatic heterocycles. The summed E-state index contributed by atoms with van der Waals surface area (Å²) >= 11 is 11.1. The summed E-state index contributed by atoms with van der Waals surface area (Å²) in [4.78, 5) is 11.9. The first-order valence-corrected chi connectivity index (χ1v) is 8.49. The lowest BCUT2D eigenvalue weighted by Crippen LogP contribution is -2.34. The molecular weight excluding hydrogens is 360 g/mol. The molecule has 132 valence electrons. The molecule has 0 heterocycles. The van der Waals surface area contributed by atoms with Gasteiger partial charge >= 0.3 is 0 Å². The first-order chi connectivity index (χ1) is 12.1. The second-order valence-corrected chi connectivity index (χ2v) is 5.96. The van der Waals surface area contributed by atoms with Gasteiger partial charge in [-0.15, -0.1) is 0 Å².